The molecule has 1 heterocycles. The molecule has 0 radical (unpaired) electrons. The number of hydrogen-bond acceptors (Lipinski definition) is 2. The summed E-state index contributed by atoms with van der Waals surface area (Å²) in [5.74, 6) is -0.0781. The van der Waals surface area contributed by atoms with Crippen molar-refractivity contribution in [3.8, 4) is 0 Å². The predicted octanol–water partition coefficient (Wildman–Crippen LogP) is 3.97. The average Bonchev–Trinajstić information content (AvgIpc) is 2.84. The van der Waals surface area contributed by atoms with E-state index < -0.39 is 0 Å². The Hall–Kier alpha value is -1.26. The molecule has 0 atom stereocenters. The number of carbonyl (C=O) groups is 1. The molecule has 0 bridgehead atoms. The lowest BCUT2D eigenvalue weighted by molar-refractivity contribution is 0.0785. The third kappa shape index (κ3) is 2.94. The first-order chi connectivity index (χ1) is 8.58. The standard InChI is InChI=1S/C13H11BrClNO2/c1-16(7-9-4-5-18-8-9)13(17)10-2-3-11(14)12(15)6-10/h2-6,8H,7H2,1H3. The van der Waals surface area contributed by atoms with Gasteiger partial charge in [0.25, 0.3) is 5.91 Å². The first-order valence-electron chi connectivity index (χ1n) is 5.29. The second-order valence-electron chi connectivity index (χ2n) is 3.92. The molecular formula is C13H11BrClNO2. The van der Waals surface area contributed by atoms with Gasteiger partial charge in [-0.05, 0) is 40.2 Å². The molecule has 0 N–H and O–H groups in total. The molecule has 0 aliphatic heterocycles. The van der Waals surface area contributed by atoms with Crippen LogP contribution in [0.3, 0.4) is 0 Å². The minimum Gasteiger partial charge on any atom is -0.472 e. The fourth-order valence-corrected chi connectivity index (χ4v) is 2.00. The molecule has 3 nitrogen and oxygen atoms in total. The highest BCUT2D eigenvalue weighted by Crippen LogP contribution is 2.23. The maximum absolute atomic E-state index is 12.2. The van der Waals surface area contributed by atoms with Gasteiger partial charge in [-0.2, -0.15) is 0 Å². The van der Waals surface area contributed by atoms with Crippen molar-refractivity contribution >= 4 is 33.4 Å². The van der Waals surface area contributed by atoms with Crippen molar-refractivity contribution in [1.29, 1.82) is 0 Å². The van der Waals surface area contributed by atoms with E-state index >= 15 is 0 Å². The summed E-state index contributed by atoms with van der Waals surface area (Å²) < 4.78 is 5.75. The van der Waals surface area contributed by atoms with Crippen molar-refractivity contribution in [1.82, 2.24) is 4.90 Å². The maximum atomic E-state index is 12.2. The summed E-state index contributed by atoms with van der Waals surface area (Å²) in [5, 5.41) is 0.526. The zero-order valence-electron chi connectivity index (χ0n) is 9.69. The number of furan rings is 1. The molecule has 0 unspecified atom stereocenters. The minimum atomic E-state index is -0.0781. The number of rotatable bonds is 3. The molecule has 2 rings (SSSR count). The van der Waals surface area contributed by atoms with Gasteiger partial charge in [0.2, 0.25) is 0 Å². The molecule has 94 valence electrons. The molecule has 0 aliphatic rings. The van der Waals surface area contributed by atoms with E-state index in [-0.39, 0.29) is 5.91 Å². The SMILES string of the molecule is CN(Cc1ccoc1)C(=O)c1ccc(Br)c(Cl)c1. The zero-order valence-corrected chi connectivity index (χ0v) is 12.0. The van der Waals surface area contributed by atoms with Crippen molar-refractivity contribution < 1.29 is 9.21 Å². The molecule has 0 aliphatic carbocycles. The van der Waals surface area contributed by atoms with Crippen molar-refractivity contribution in [3.05, 3.63) is 57.4 Å². The highest BCUT2D eigenvalue weighted by molar-refractivity contribution is 9.10. The first-order valence-corrected chi connectivity index (χ1v) is 6.46. The van der Waals surface area contributed by atoms with Crippen LogP contribution in [0.25, 0.3) is 0 Å². The topological polar surface area (TPSA) is 33.5 Å². The zero-order chi connectivity index (χ0) is 13.1. The van der Waals surface area contributed by atoms with Crippen molar-refractivity contribution in [2.24, 2.45) is 0 Å². The van der Waals surface area contributed by atoms with E-state index in [4.69, 9.17) is 16.0 Å². The van der Waals surface area contributed by atoms with E-state index in [1.807, 2.05) is 6.07 Å². The fourth-order valence-electron chi connectivity index (χ4n) is 1.58. The van der Waals surface area contributed by atoms with Crippen LogP contribution in [0.1, 0.15) is 15.9 Å². The van der Waals surface area contributed by atoms with E-state index in [0.29, 0.717) is 17.1 Å². The Bertz CT molecular complexity index is 554. The van der Waals surface area contributed by atoms with Crippen LogP contribution in [0.4, 0.5) is 0 Å². The van der Waals surface area contributed by atoms with Gasteiger partial charge in [0.15, 0.2) is 0 Å². The number of nitrogens with zero attached hydrogens (tertiary/aromatic N) is 1. The maximum Gasteiger partial charge on any atom is 0.253 e. The van der Waals surface area contributed by atoms with E-state index in [2.05, 4.69) is 15.9 Å². The number of amides is 1. The van der Waals surface area contributed by atoms with Gasteiger partial charge < -0.3 is 9.32 Å². The highest BCUT2D eigenvalue weighted by Gasteiger charge is 2.13. The molecule has 1 aromatic heterocycles. The number of hydrogen-bond donors (Lipinski definition) is 0. The molecular weight excluding hydrogens is 318 g/mol. The first kappa shape index (κ1) is 13.2. The van der Waals surface area contributed by atoms with E-state index in [0.717, 1.165) is 10.0 Å². The average molecular weight is 329 g/mol. The van der Waals surface area contributed by atoms with Gasteiger partial charge in [0.05, 0.1) is 17.5 Å². The quantitative estimate of drug-likeness (QED) is 0.854. The van der Waals surface area contributed by atoms with Crippen LogP contribution in [0.2, 0.25) is 5.02 Å². The lowest BCUT2D eigenvalue weighted by atomic mass is 10.2. The predicted molar refractivity (Wildman–Crippen MR) is 73.7 cm³/mol. The van der Waals surface area contributed by atoms with Crippen molar-refractivity contribution in [3.63, 3.8) is 0 Å². The molecule has 2 aromatic rings. The Morgan fingerprint density at radius 2 is 2.22 bits per heavy atom. The number of benzene rings is 1. The van der Waals surface area contributed by atoms with Gasteiger partial charge in [-0.1, -0.05) is 11.6 Å². The summed E-state index contributed by atoms with van der Waals surface area (Å²) in [4.78, 5) is 13.8. The summed E-state index contributed by atoms with van der Waals surface area (Å²) in [5.41, 5.74) is 1.52. The van der Waals surface area contributed by atoms with Crippen molar-refractivity contribution in [2.75, 3.05) is 7.05 Å². The molecule has 1 aromatic carbocycles. The molecule has 0 saturated heterocycles. The van der Waals surface area contributed by atoms with Crippen LogP contribution < -0.4 is 0 Å². The smallest absolute Gasteiger partial charge is 0.253 e. The van der Waals surface area contributed by atoms with Crippen LogP contribution in [0, 0.1) is 0 Å². The van der Waals surface area contributed by atoms with Gasteiger partial charge in [0.1, 0.15) is 0 Å². The van der Waals surface area contributed by atoms with Crippen LogP contribution in [0.5, 0.6) is 0 Å². The third-order valence-corrected chi connectivity index (χ3v) is 3.75. The highest BCUT2D eigenvalue weighted by atomic mass is 79.9. The second-order valence-corrected chi connectivity index (χ2v) is 5.18. The Labute approximate surface area is 118 Å². The third-order valence-electron chi connectivity index (χ3n) is 2.51. The largest absolute Gasteiger partial charge is 0.472 e. The van der Waals surface area contributed by atoms with Gasteiger partial charge in [-0.3, -0.25) is 4.79 Å². The van der Waals surface area contributed by atoms with Gasteiger partial charge in [-0.15, -0.1) is 0 Å². The minimum absolute atomic E-state index is 0.0781. The van der Waals surface area contributed by atoms with Gasteiger partial charge >= 0.3 is 0 Å². The monoisotopic (exact) mass is 327 g/mol. The Morgan fingerprint density at radius 3 is 2.83 bits per heavy atom. The lowest BCUT2D eigenvalue weighted by Crippen LogP contribution is -2.25. The van der Waals surface area contributed by atoms with Gasteiger partial charge in [0, 0.05) is 29.2 Å². The summed E-state index contributed by atoms with van der Waals surface area (Å²) in [6.45, 7) is 0.503. The van der Waals surface area contributed by atoms with E-state index in [1.54, 1.807) is 42.7 Å². The Morgan fingerprint density at radius 1 is 1.44 bits per heavy atom. The molecule has 0 saturated carbocycles. The van der Waals surface area contributed by atoms with Crippen LogP contribution in [-0.2, 0) is 6.54 Å². The summed E-state index contributed by atoms with van der Waals surface area (Å²) in [7, 11) is 1.74. The summed E-state index contributed by atoms with van der Waals surface area (Å²) >= 11 is 9.27. The molecule has 1 amide bonds. The Kier molecular flexibility index (Phi) is 4.09. The van der Waals surface area contributed by atoms with Crippen LogP contribution in [0.15, 0.2) is 45.7 Å². The molecule has 0 spiro atoms. The normalized spacial score (nSPS) is 10.4. The molecule has 5 heteroatoms. The Balaban J connectivity index is 2.12. The van der Waals surface area contributed by atoms with Crippen molar-refractivity contribution in [2.45, 2.75) is 6.54 Å². The van der Waals surface area contributed by atoms with Crippen LogP contribution >= 0.6 is 27.5 Å². The summed E-state index contributed by atoms with van der Waals surface area (Å²) in [6, 6.07) is 6.99. The van der Waals surface area contributed by atoms with E-state index in [9.17, 15) is 4.79 Å². The lowest BCUT2D eigenvalue weighted by Gasteiger charge is -2.16. The number of halogens is 2. The molecule has 0 fully saturated rings. The van der Waals surface area contributed by atoms with E-state index in [1.165, 1.54) is 0 Å². The van der Waals surface area contributed by atoms with Crippen LogP contribution in [-0.4, -0.2) is 17.9 Å². The second kappa shape index (κ2) is 5.59. The molecule has 18 heavy (non-hydrogen) atoms. The van der Waals surface area contributed by atoms with Gasteiger partial charge in [-0.25, -0.2) is 0 Å². The number of carbonyl (C=O) groups excluding carboxylic acids is 1. The summed E-state index contributed by atoms with van der Waals surface area (Å²) in [6.07, 6.45) is 3.21. The fraction of sp³-hybridized carbons (Fsp3) is 0.154.